The smallest absolute Gasteiger partial charge is 0.252 e. The Kier molecular flexibility index (Phi) is 3.44. The molecule has 4 rings (SSSR count). The number of amides is 1. The second-order valence-electron chi connectivity index (χ2n) is 7.26. The zero-order chi connectivity index (χ0) is 16.1. The molecule has 2 atom stereocenters. The van der Waals surface area contributed by atoms with Crippen molar-refractivity contribution in [1.29, 1.82) is 0 Å². The number of piperazine rings is 1. The quantitative estimate of drug-likeness (QED) is 0.875. The Morgan fingerprint density at radius 3 is 2.65 bits per heavy atom. The van der Waals surface area contributed by atoms with Gasteiger partial charge in [-0.15, -0.1) is 0 Å². The second kappa shape index (κ2) is 5.37. The largest absolute Gasteiger partial charge is 0.357 e. The van der Waals surface area contributed by atoms with Crippen molar-refractivity contribution in [1.82, 2.24) is 15.6 Å². The fourth-order valence-corrected chi connectivity index (χ4v) is 3.86. The van der Waals surface area contributed by atoms with Gasteiger partial charge in [0.1, 0.15) is 11.6 Å². The Hall–Kier alpha value is -1.82. The molecule has 0 aromatic carbocycles. The van der Waals surface area contributed by atoms with E-state index in [1.807, 2.05) is 13.1 Å². The average Bonchev–Trinajstić information content (AvgIpc) is 3.08. The molecule has 2 unspecified atom stereocenters. The fraction of sp³-hybridized carbons (Fsp3) is 0.647. The minimum absolute atomic E-state index is 0.0279. The molecule has 1 amide bonds. The van der Waals surface area contributed by atoms with E-state index in [0.717, 1.165) is 35.9 Å². The lowest BCUT2D eigenvalue weighted by Crippen LogP contribution is -2.51. The highest BCUT2D eigenvalue weighted by molar-refractivity contribution is 6.00. The Balaban J connectivity index is 1.76. The van der Waals surface area contributed by atoms with Crippen LogP contribution in [0.5, 0.6) is 0 Å². The van der Waals surface area contributed by atoms with E-state index in [1.165, 1.54) is 12.8 Å². The highest BCUT2D eigenvalue weighted by atomic mass is 16.1. The van der Waals surface area contributed by atoms with Crippen molar-refractivity contribution in [3.63, 3.8) is 0 Å². The Bertz CT molecular complexity index is 632. The van der Waals surface area contributed by atoms with Gasteiger partial charge in [0.25, 0.3) is 5.91 Å². The summed E-state index contributed by atoms with van der Waals surface area (Å²) in [6.07, 6.45) is 2.48. The third-order valence-corrected chi connectivity index (χ3v) is 5.41. The van der Waals surface area contributed by atoms with Crippen LogP contribution in [-0.2, 0) is 6.54 Å². The number of nitrogens with one attached hydrogen (secondary N) is 2. The summed E-state index contributed by atoms with van der Waals surface area (Å²) in [5.41, 5.74) is 1.86. The van der Waals surface area contributed by atoms with Crippen LogP contribution in [0, 0.1) is 0 Å². The van der Waals surface area contributed by atoms with Crippen molar-refractivity contribution in [3.05, 3.63) is 17.2 Å². The summed E-state index contributed by atoms with van der Waals surface area (Å²) in [4.78, 5) is 21.7. The summed E-state index contributed by atoms with van der Waals surface area (Å²) < 4.78 is 0. The average molecular weight is 315 g/mol. The van der Waals surface area contributed by atoms with Gasteiger partial charge in [0.2, 0.25) is 0 Å². The Morgan fingerprint density at radius 1 is 1.30 bits per heavy atom. The maximum Gasteiger partial charge on any atom is 0.252 e. The molecule has 124 valence electrons. The lowest BCUT2D eigenvalue weighted by atomic mass is 10.1. The minimum Gasteiger partial charge on any atom is -0.357 e. The zero-order valence-corrected chi connectivity index (χ0v) is 14.1. The van der Waals surface area contributed by atoms with Gasteiger partial charge in [-0.1, -0.05) is 0 Å². The Morgan fingerprint density at radius 2 is 2.00 bits per heavy atom. The first-order valence-electron chi connectivity index (χ1n) is 8.59. The summed E-state index contributed by atoms with van der Waals surface area (Å²) in [6.45, 7) is 6.85. The van der Waals surface area contributed by atoms with Crippen LogP contribution in [0.2, 0.25) is 0 Å². The monoisotopic (exact) mass is 315 g/mol. The van der Waals surface area contributed by atoms with E-state index in [9.17, 15) is 4.79 Å². The number of fused-ring (bicyclic) bond motifs is 3. The highest BCUT2D eigenvalue weighted by Crippen LogP contribution is 2.33. The molecule has 3 aliphatic heterocycles. The summed E-state index contributed by atoms with van der Waals surface area (Å²) in [6, 6.07) is 3.40. The van der Waals surface area contributed by atoms with Crippen molar-refractivity contribution in [2.75, 3.05) is 29.9 Å². The molecule has 2 bridgehead atoms. The van der Waals surface area contributed by atoms with Gasteiger partial charge in [0.15, 0.2) is 0 Å². The zero-order valence-electron chi connectivity index (χ0n) is 14.1. The molecule has 0 spiro atoms. The molecular formula is C17H25N5O. The molecule has 2 N–H and O–H groups in total. The van der Waals surface area contributed by atoms with Crippen molar-refractivity contribution in [2.45, 2.75) is 51.4 Å². The number of pyridine rings is 1. The standard InChI is InChI=1S/C17H25N5O/c1-10(2)21(3)15-6-13-14(7-18-17(13)23)16(20-15)22-8-11-4-5-12(9-22)19-11/h6,10-12,19H,4-5,7-9H2,1-3H3,(H,18,23). The second-order valence-corrected chi connectivity index (χ2v) is 7.26. The number of anilines is 2. The van der Waals surface area contributed by atoms with Crippen LogP contribution in [0.1, 0.15) is 42.6 Å². The van der Waals surface area contributed by atoms with E-state index in [4.69, 9.17) is 4.98 Å². The molecule has 0 saturated carbocycles. The lowest BCUT2D eigenvalue weighted by Gasteiger charge is -2.35. The lowest BCUT2D eigenvalue weighted by molar-refractivity contribution is 0.0965. The summed E-state index contributed by atoms with van der Waals surface area (Å²) >= 11 is 0. The van der Waals surface area contributed by atoms with Crippen molar-refractivity contribution in [3.8, 4) is 0 Å². The maximum absolute atomic E-state index is 12.2. The van der Waals surface area contributed by atoms with Gasteiger partial charge in [-0.2, -0.15) is 0 Å². The van der Waals surface area contributed by atoms with Gasteiger partial charge in [0.05, 0.1) is 5.56 Å². The molecule has 2 fully saturated rings. The van der Waals surface area contributed by atoms with E-state index >= 15 is 0 Å². The maximum atomic E-state index is 12.2. The van der Waals surface area contributed by atoms with Gasteiger partial charge in [-0.3, -0.25) is 4.79 Å². The van der Waals surface area contributed by atoms with Crippen LogP contribution in [0.3, 0.4) is 0 Å². The molecule has 0 radical (unpaired) electrons. The van der Waals surface area contributed by atoms with E-state index in [-0.39, 0.29) is 5.91 Å². The van der Waals surface area contributed by atoms with Crippen molar-refractivity contribution in [2.24, 2.45) is 0 Å². The first kappa shape index (κ1) is 14.8. The molecule has 6 nitrogen and oxygen atoms in total. The summed E-state index contributed by atoms with van der Waals surface area (Å²) in [5, 5.41) is 6.62. The number of aromatic nitrogens is 1. The van der Waals surface area contributed by atoms with Gasteiger partial charge in [-0.05, 0) is 32.8 Å². The van der Waals surface area contributed by atoms with Gasteiger partial charge in [0, 0.05) is 50.4 Å². The van der Waals surface area contributed by atoms with Crippen LogP contribution >= 0.6 is 0 Å². The van der Waals surface area contributed by atoms with Crippen molar-refractivity contribution >= 4 is 17.5 Å². The van der Waals surface area contributed by atoms with E-state index < -0.39 is 0 Å². The number of hydrogen-bond donors (Lipinski definition) is 2. The minimum atomic E-state index is 0.0279. The topological polar surface area (TPSA) is 60.5 Å². The van der Waals surface area contributed by atoms with Gasteiger partial charge in [-0.25, -0.2) is 4.98 Å². The van der Waals surface area contributed by atoms with E-state index in [1.54, 1.807) is 0 Å². The van der Waals surface area contributed by atoms with E-state index in [0.29, 0.717) is 24.7 Å². The third kappa shape index (κ3) is 2.45. The molecule has 4 heterocycles. The molecule has 2 saturated heterocycles. The first-order chi connectivity index (χ1) is 11.0. The first-order valence-corrected chi connectivity index (χ1v) is 8.59. The molecule has 0 aliphatic carbocycles. The molecule has 1 aromatic rings. The number of carbonyl (C=O) groups excluding carboxylic acids is 1. The van der Waals surface area contributed by atoms with Crippen LogP contribution < -0.4 is 20.4 Å². The number of rotatable bonds is 3. The number of carbonyl (C=O) groups is 1. The van der Waals surface area contributed by atoms with Crippen LogP contribution in [-0.4, -0.2) is 49.2 Å². The van der Waals surface area contributed by atoms with E-state index in [2.05, 4.69) is 34.3 Å². The van der Waals surface area contributed by atoms with Crippen LogP contribution in [0.15, 0.2) is 6.07 Å². The third-order valence-electron chi connectivity index (χ3n) is 5.41. The highest BCUT2D eigenvalue weighted by Gasteiger charge is 2.35. The van der Waals surface area contributed by atoms with Crippen LogP contribution in [0.4, 0.5) is 11.6 Å². The Labute approximate surface area is 137 Å². The molecule has 23 heavy (non-hydrogen) atoms. The molecule has 3 aliphatic rings. The number of hydrogen-bond acceptors (Lipinski definition) is 5. The van der Waals surface area contributed by atoms with Crippen molar-refractivity contribution < 1.29 is 4.79 Å². The molecular weight excluding hydrogens is 290 g/mol. The number of nitrogens with zero attached hydrogens (tertiary/aromatic N) is 3. The van der Waals surface area contributed by atoms with Gasteiger partial charge >= 0.3 is 0 Å². The predicted molar refractivity (Wildman–Crippen MR) is 91.1 cm³/mol. The summed E-state index contributed by atoms with van der Waals surface area (Å²) in [5.74, 6) is 1.92. The molecule has 1 aromatic heterocycles. The predicted octanol–water partition coefficient (Wildman–Crippen LogP) is 1.11. The normalized spacial score (nSPS) is 25.7. The van der Waals surface area contributed by atoms with Crippen LogP contribution in [0.25, 0.3) is 0 Å². The SMILES string of the molecule is CC(C)N(C)c1cc2c(c(N3CC4CCC(C3)N4)n1)CNC2=O. The molecule has 6 heteroatoms. The summed E-state index contributed by atoms with van der Waals surface area (Å²) in [7, 11) is 2.04. The fourth-order valence-electron chi connectivity index (χ4n) is 3.86. The van der Waals surface area contributed by atoms with Gasteiger partial charge < -0.3 is 20.4 Å².